The van der Waals surface area contributed by atoms with Crippen LogP contribution in [0.25, 0.3) is 0 Å². The summed E-state index contributed by atoms with van der Waals surface area (Å²) in [6.07, 6.45) is 17.3. The molecular formula is C47H72O3S. The Morgan fingerprint density at radius 1 is 0.529 bits per heavy atom. The summed E-state index contributed by atoms with van der Waals surface area (Å²) in [5.41, 5.74) is 7.29. The largest absolute Gasteiger partial charge is 0.294 e. The highest BCUT2D eigenvalue weighted by Crippen LogP contribution is 2.35. The van der Waals surface area contributed by atoms with E-state index in [1.54, 1.807) is 12.1 Å². The number of hydrogen-bond acceptors (Lipinski definition) is 2. The molecule has 0 aromatic heterocycles. The molecule has 3 rings (SSSR count). The van der Waals surface area contributed by atoms with Crippen LogP contribution in [0.1, 0.15) is 198 Å². The van der Waals surface area contributed by atoms with Crippen LogP contribution in [0.2, 0.25) is 0 Å². The van der Waals surface area contributed by atoms with E-state index in [2.05, 4.69) is 111 Å². The predicted molar refractivity (Wildman–Crippen MR) is 220 cm³/mol. The van der Waals surface area contributed by atoms with Crippen LogP contribution in [0.5, 0.6) is 0 Å². The minimum Gasteiger partial charge on any atom is -0.282 e. The minimum absolute atomic E-state index is 0.0297. The molecule has 0 saturated heterocycles. The first-order valence-electron chi connectivity index (χ1n) is 20.3. The average Bonchev–Trinajstić information content (AvgIpc) is 3.08. The summed E-state index contributed by atoms with van der Waals surface area (Å²) < 4.78 is 32.6. The average molecular weight is 717 g/mol. The van der Waals surface area contributed by atoms with Crippen molar-refractivity contribution in [2.45, 2.75) is 186 Å². The zero-order valence-electron chi connectivity index (χ0n) is 33.8. The monoisotopic (exact) mass is 717 g/mol. The van der Waals surface area contributed by atoms with Gasteiger partial charge in [-0.25, -0.2) is 0 Å². The Kier molecular flexibility index (Phi) is 17.0. The molecule has 0 amide bonds. The van der Waals surface area contributed by atoms with E-state index >= 15 is 0 Å². The summed E-state index contributed by atoms with van der Waals surface area (Å²) >= 11 is 0. The molecule has 0 aliphatic rings. The lowest BCUT2D eigenvalue weighted by molar-refractivity contribution is 0.387. The number of unbranched alkanes of at least 4 members (excludes halogenated alkanes) is 2. The molecule has 284 valence electrons. The minimum atomic E-state index is -4.17. The quantitative estimate of drug-likeness (QED) is 0.0882. The van der Waals surface area contributed by atoms with Crippen LogP contribution in [0.3, 0.4) is 0 Å². The molecule has 0 radical (unpaired) electrons. The highest BCUT2D eigenvalue weighted by molar-refractivity contribution is 7.85. The van der Waals surface area contributed by atoms with E-state index in [1.165, 1.54) is 92.0 Å². The van der Waals surface area contributed by atoms with Crippen molar-refractivity contribution in [3.8, 4) is 0 Å². The summed E-state index contributed by atoms with van der Waals surface area (Å²) in [5, 5.41) is 0. The van der Waals surface area contributed by atoms with Gasteiger partial charge in [0.15, 0.2) is 0 Å². The second kappa shape index (κ2) is 20.1. The van der Waals surface area contributed by atoms with Crippen molar-refractivity contribution in [1.82, 2.24) is 0 Å². The standard InChI is InChI=1S/C47H72O3S/c1-10-17-39(42-28-34-45(35-29-42)51(48,49)50)22-16-23-40(41-26-32-44(33-27-41)47(7,8)9)21-14-12-13-19-37(11-2)20-15-18-36(3)38-24-30-43(31-25-38)46(4,5)6/h24-37,39-40H,10-23H2,1-9H3,(H,48,49,50). The van der Waals surface area contributed by atoms with Crippen LogP contribution in [0, 0.1) is 5.92 Å². The Labute approximate surface area is 314 Å². The Bertz CT molecular complexity index is 1510. The van der Waals surface area contributed by atoms with Crippen LogP contribution >= 0.6 is 0 Å². The van der Waals surface area contributed by atoms with Gasteiger partial charge in [-0.15, -0.1) is 0 Å². The molecule has 4 heteroatoms. The fourth-order valence-corrected chi connectivity index (χ4v) is 8.31. The topological polar surface area (TPSA) is 54.4 Å². The molecule has 4 unspecified atom stereocenters. The van der Waals surface area contributed by atoms with Crippen molar-refractivity contribution in [2.75, 3.05) is 0 Å². The van der Waals surface area contributed by atoms with Crippen molar-refractivity contribution in [3.05, 3.63) is 101 Å². The first kappa shape index (κ1) is 43.0. The lowest BCUT2D eigenvalue weighted by Gasteiger charge is -2.23. The van der Waals surface area contributed by atoms with E-state index in [0.717, 1.165) is 31.6 Å². The van der Waals surface area contributed by atoms with Crippen LogP contribution in [0.15, 0.2) is 77.7 Å². The third kappa shape index (κ3) is 14.5. The van der Waals surface area contributed by atoms with Crippen LogP contribution in [-0.4, -0.2) is 13.0 Å². The van der Waals surface area contributed by atoms with Crippen molar-refractivity contribution >= 4 is 10.1 Å². The second-order valence-electron chi connectivity index (χ2n) is 17.6. The molecule has 3 nitrogen and oxygen atoms in total. The molecule has 51 heavy (non-hydrogen) atoms. The molecule has 0 heterocycles. The molecule has 0 aliphatic carbocycles. The normalized spacial score (nSPS) is 15.0. The maximum absolute atomic E-state index is 11.6. The Morgan fingerprint density at radius 2 is 0.941 bits per heavy atom. The summed E-state index contributed by atoms with van der Waals surface area (Å²) in [4.78, 5) is -0.0297. The number of hydrogen-bond donors (Lipinski definition) is 1. The molecule has 0 bridgehead atoms. The van der Waals surface area contributed by atoms with Gasteiger partial charge in [0.1, 0.15) is 0 Å². The third-order valence-corrected chi connectivity index (χ3v) is 12.3. The maximum atomic E-state index is 11.6. The van der Waals surface area contributed by atoms with Gasteiger partial charge in [-0.2, -0.15) is 8.42 Å². The zero-order valence-corrected chi connectivity index (χ0v) is 34.6. The van der Waals surface area contributed by atoms with Crippen LogP contribution in [0.4, 0.5) is 0 Å². The van der Waals surface area contributed by atoms with Crippen molar-refractivity contribution < 1.29 is 13.0 Å². The first-order chi connectivity index (χ1) is 24.0. The molecule has 0 aliphatic heterocycles. The molecule has 1 N–H and O–H groups in total. The van der Waals surface area contributed by atoms with Gasteiger partial charge < -0.3 is 0 Å². The summed E-state index contributed by atoms with van der Waals surface area (Å²) in [5.74, 6) is 2.42. The third-order valence-electron chi connectivity index (χ3n) is 11.5. The van der Waals surface area contributed by atoms with E-state index in [-0.39, 0.29) is 15.7 Å². The smallest absolute Gasteiger partial charge is 0.282 e. The van der Waals surface area contributed by atoms with E-state index in [9.17, 15) is 13.0 Å². The highest BCUT2D eigenvalue weighted by Gasteiger charge is 2.19. The van der Waals surface area contributed by atoms with Gasteiger partial charge in [0.05, 0.1) is 4.90 Å². The van der Waals surface area contributed by atoms with Crippen molar-refractivity contribution in [2.24, 2.45) is 5.92 Å². The van der Waals surface area contributed by atoms with E-state index in [0.29, 0.717) is 17.8 Å². The van der Waals surface area contributed by atoms with E-state index in [4.69, 9.17) is 0 Å². The maximum Gasteiger partial charge on any atom is 0.294 e. The van der Waals surface area contributed by atoms with Gasteiger partial charge in [-0.3, -0.25) is 4.55 Å². The molecule has 4 atom stereocenters. The SMILES string of the molecule is CCCC(CCCC(CCCCCC(CC)CCCC(C)c1ccc(C(C)(C)C)cc1)c1ccc(C(C)(C)C)cc1)c1ccc(S(=O)(=O)O)cc1. The second-order valence-corrected chi connectivity index (χ2v) is 19.1. The number of rotatable bonds is 21. The molecule has 3 aromatic rings. The lowest BCUT2D eigenvalue weighted by atomic mass is 9.82. The molecule has 0 fully saturated rings. The van der Waals surface area contributed by atoms with Gasteiger partial charge in [0.25, 0.3) is 10.1 Å². The Hall–Kier alpha value is -2.43. The van der Waals surface area contributed by atoms with Crippen LogP contribution in [-0.2, 0) is 20.9 Å². The summed E-state index contributed by atoms with van der Waals surface area (Å²) in [7, 11) is -4.17. The van der Waals surface area contributed by atoms with Gasteiger partial charge in [0.2, 0.25) is 0 Å². The van der Waals surface area contributed by atoms with Crippen molar-refractivity contribution in [3.63, 3.8) is 0 Å². The zero-order chi connectivity index (χ0) is 37.7. The van der Waals surface area contributed by atoms with Gasteiger partial charge in [-0.1, -0.05) is 181 Å². The highest BCUT2D eigenvalue weighted by atomic mass is 32.2. The fourth-order valence-electron chi connectivity index (χ4n) is 7.83. The molecule has 3 aromatic carbocycles. The van der Waals surface area contributed by atoms with Gasteiger partial charge in [0, 0.05) is 0 Å². The van der Waals surface area contributed by atoms with E-state index in [1.807, 2.05) is 12.1 Å². The first-order valence-corrected chi connectivity index (χ1v) is 21.7. The Morgan fingerprint density at radius 3 is 1.41 bits per heavy atom. The predicted octanol–water partition coefficient (Wildman–Crippen LogP) is 14.3. The van der Waals surface area contributed by atoms with Crippen molar-refractivity contribution in [1.29, 1.82) is 0 Å². The molecular weight excluding hydrogens is 645 g/mol. The fraction of sp³-hybridized carbons (Fsp3) is 0.617. The van der Waals surface area contributed by atoms with E-state index < -0.39 is 10.1 Å². The lowest BCUT2D eigenvalue weighted by Crippen LogP contribution is -2.11. The number of benzene rings is 3. The molecule has 0 spiro atoms. The summed E-state index contributed by atoms with van der Waals surface area (Å²) in [6.45, 7) is 20.7. The van der Waals surface area contributed by atoms with Gasteiger partial charge in [-0.05, 0) is 107 Å². The van der Waals surface area contributed by atoms with Crippen LogP contribution < -0.4 is 0 Å². The van der Waals surface area contributed by atoms with Gasteiger partial charge >= 0.3 is 0 Å². The Balaban J connectivity index is 1.52. The summed E-state index contributed by atoms with van der Waals surface area (Å²) in [6, 6.07) is 25.7. The molecule has 0 saturated carbocycles.